The molecule has 0 atom stereocenters. The third-order valence-corrected chi connectivity index (χ3v) is 5.57. The van der Waals surface area contributed by atoms with E-state index in [9.17, 15) is 9.59 Å². The number of anilines is 1. The van der Waals surface area contributed by atoms with Crippen molar-refractivity contribution in [3.05, 3.63) is 84.7 Å². The van der Waals surface area contributed by atoms with E-state index in [-0.39, 0.29) is 18.3 Å². The number of hydrogen-bond donors (Lipinski definition) is 1. The van der Waals surface area contributed by atoms with Gasteiger partial charge < -0.3 is 14.8 Å². The molecule has 2 aromatic carbocycles. The number of nitrogens with zero attached hydrogens (tertiary/aromatic N) is 5. The van der Waals surface area contributed by atoms with Gasteiger partial charge in [0.25, 0.3) is 5.91 Å². The molecular formula is C27H22N6O4. The number of carbonyl (C=O) groups is 2. The number of aromatic nitrogens is 5. The zero-order valence-electron chi connectivity index (χ0n) is 20.1. The lowest BCUT2D eigenvalue weighted by Gasteiger charge is -2.12. The fraction of sp³-hybridized carbons (Fsp3) is 0.111. The summed E-state index contributed by atoms with van der Waals surface area (Å²) in [7, 11) is 1.48. The van der Waals surface area contributed by atoms with E-state index in [1.54, 1.807) is 41.2 Å². The minimum absolute atomic E-state index is 0.0889. The number of Topliss-reactive ketones (excluding diaryl/α,β-unsaturated/α-hetero) is 1. The van der Waals surface area contributed by atoms with Gasteiger partial charge in [-0.25, -0.2) is 0 Å². The van der Waals surface area contributed by atoms with Crippen LogP contribution in [0.15, 0.2) is 79.1 Å². The van der Waals surface area contributed by atoms with E-state index < -0.39 is 0 Å². The van der Waals surface area contributed by atoms with Crippen LogP contribution in [0.2, 0.25) is 0 Å². The molecule has 0 bridgehead atoms. The van der Waals surface area contributed by atoms with Crippen LogP contribution in [-0.2, 0) is 4.79 Å². The lowest BCUT2D eigenvalue weighted by atomic mass is 10.1. The van der Waals surface area contributed by atoms with Crippen molar-refractivity contribution in [2.75, 3.05) is 19.0 Å². The number of pyridine rings is 1. The van der Waals surface area contributed by atoms with E-state index in [2.05, 4.69) is 20.5 Å². The normalized spacial score (nSPS) is 10.8. The van der Waals surface area contributed by atoms with Crippen molar-refractivity contribution in [3.63, 3.8) is 0 Å². The average Bonchev–Trinajstić information content (AvgIpc) is 3.36. The van der Waals surface area contributed by atoms with Crippen LogP contribution in [0.1, 0.15) is 17.3 Å². The van der Waals surface area contributed by atoms with Gasteiger partial charge in [0.1, 0.15) is 0 Å². The van der Waals surface area contributed by atoms with Crippen molar-refractivity contribution in [2.45, 2.75) is 6.92 Å². The maximum atomic E-state index is 12.6. The molecule has 5 aromatic rings. The number of rotatable bonds is 8. The minimum atomic E-state index is -0.350. The summed E-state index contributed by atoms with van der Waals surface area (Å²) in [5, 5.41) is 16.0. The molecule has 5 rings (SSSR count). The summed E-state index contributed by atoms with van der Waals surface area (Å²) < 4.78 is 12.6. The van der Waals surface area contributed by atoms with Crippen LogP contribution in [0.5, 0.6) is 11.5 Å². The molecule has 0 spiro atoms. The van der Waals surface area contributed by atoms with Gasteiger partial charge in [0.15, 0.2) is 35.4 Å². The Balaban J connectivity index is 1.31. The Bertz CT molecular complexity index is 1600. The molecule has 0 unspecified atom stereocenters. The highest BCUT2D eigenvalue weighted by Gasteiger charge is 2.13. The number of methoxy groups -OCH3 is 1. The average molecular weight is 495 g/mol. The maximum Gasteiger partial charge on any atom is 0.262 e. The minimum Gasteiger partial charge on any atom is -0.493 e. The summed E-state index contributed by atoms with van der Waals surface area (Å²) in [5.74, 6) is 0.913. The van der Waals surface area contributed by atoms with Crippen molar-refractivity contribution in [1.82, 2.24) is 24.8 Å². The van der Waals surface area contributed by atoms with Gasteiger partial charge in [0.2, 0.25) is 0 Å². The Morgan fingerprint density at radius 1 is 0.919 bits per heavy atom. The number of ether oxygens (including phenoxy) is 2. The number of nitrogens with one attached hydrogen (secondary N) is 1. The lowest BCUT2D eigenvalue weighted by Crippen LogP contribution is -2.20. The van der Waals surface area contributed by atoms with Gasteiger partial charge in [0.05, 0.1) is 12.8 Å². The summed E-state index contributed by atoms with van der Waals surface area (Å²) in [5.41, 5.74) is 4.04. The highest BCUT2D eigenvalue weighted by Crippen LogP contribution is 2.28. The first-order chi connectivity index (χ1) is 18.0. The molecule has 0 radical (unpaired) electrons. The van der Waals surface area contributed by atoms with Crippen molar-refractivity contribution >= 4 is 23.0 Å². The third-order valence-electron chi connectivity index (χ3n) is 5.57. The quantitative estimate of drug-likeness (QED) is 0.320. The summed E-state index contributed by atoms with van der Waals surface area (Å²) in [4.78, 5) is 28.2. The molecule has 10 nitrogen and oxygen atoms in total. The molecule has 0 saturated carbocycles. The summed E-state index contributed by atoms with van der Waals surface area (Å²) in [6, 6.07) is 19.5. The maximum absolute atomic E-state index is 12.6. The molecule has 3 aromatic heterocycles. The van der Waals surface area contributed by atoms with Gasteiger partial charge in [-0.05, 0) is 61.5 Å². The third kappa shape index (κ3) is 5.13. The predicted octanol–water partition coefficient (Wildman–Crippen LogP) is 4.08. The molecule has 10 heteroatoms. The topological polar surface area (TPSA) is 121 Å². The second-order valence-electron chi connectivity index (χ2n) is 8.09. The fourth-order valence-electron chi connectivity index (χ4n) is 3.73. The van der Waals surface area contributed by atoms with Crippen LogP contribution in [-0.4, -0.2) is 50.2 Å². The van der Waals surface area contributed by atoms with E-state index >= 15 is 0 Å². The number of fused-ring (bicyclic) bond motifs is 1. The molecule has 0 aliphatic heterocycles. The van der Waals surface area contributed by atoms with Gasteiger partial charge >= 0.3 is 0 Å². The van der Waals surface area contributed by atoms with Gasteiger partial charge in [-0.2, -0.15) is 9.61 Å². The van der Waals surface area contributed by atoms with Gasteiger partial charge in [0, 0.05) is 34.8 Å². The number of amides is 1. The van der Waals surface area contributed by atoms with Crippen LogP contribution in [0.4, 0.5) is 5.69 Å². The highest BCUT2D eigenvalue weighted by molar-refractivity contribution is 5.95. The van der Waals surface area contributed by atoms with Crippen LogP contribution in [0.3, 0.4) is 0 Å². The zero-order valence-corrected chi connectivity index (χ0v) is 20.1. The first-order valence-electron chi connectivity index (χ1n) is 11.4. The van der Waals surface area contributed by atoms with Gasteiger partial charge in [-0.1, -0.05) is 12.1 Å². The summed E-state index contributed by atoms with van der Waals surface area (Å²) in [6.45, 7) is 1.23. The number of carbonyl (C=O) groups excluding carboxylic acids is 2. The van der Waals surface area contributed by atoms with Crippen molar-refractivity contribution in [2.24, 2.45) is 0 Å². The van der Waals surface area contributed by atoms with Crippen LogP contribution < -0.4 is 14.8 Å². The first-order valence-corrected chi connectivity index (χ1v) is 11.4. The smallest absolute Gasteiger partial charge is 0.262 e. The predicted molar refractivity (Wildman–Crippen MR) is 137 cm³/mol. The number of ketones is 1. The molecule has 3 heterocycles. The Morgan fingerprint density at radius 2 is 1.76 bits per heavy atom. The second kappa shape index (κ2) is 10.2. The fourth-order valence-corrected chi connectivity index (χ4v) is 3.73. The van der Waals surface area contributed by atoms with E-state index in [1.165, 1.54) is 14.0 Å². The molecule has 0 saturated heterocycles. The number of benzene rings is 2. The highest BCUT2D eigenvalue weighted by atomic mass is 16.5. The van der Waals surface area contributed by atoms with E-state index in [0.29, 0.717) is 39.9 Å². The van der Waals surface area contributed by atoms with Crippen LogP contribution >= 0.6 is 0 Å². The molecule has 0 aliphatic rings. The Hall–Kier alpha value is -5.12. The zero-order chi connectivity index (χ0) is 25.8. The Labute approximate surface area is 211 Å². The van der Waals surface area contributed by atoms with E-state index in [4.69, 9.17) is 14.6 Å². The van der Waals surface area contributed by atoms with Crippen molar-refractivity contribution in [3.8, 4) is 34.1 Å². The van der Waals surface area contributed by atoms with Crippen LogP contribution in [0.25, 0.3) is 28.3 Å². The van der Waals surface area contributed by atoms with Gasteiger partial charge in [-0.3, -0.25) is 14.6 Å². The molecule has 1 N–H and O–H groups in total. The monoisotopic (exact) mass is 494 g/mol. The number of hydrogen-bond acceptors (Lipinski definition) is 8. The van der Waals surface area contributed by atoms with Gasteiger partial charge in [-0.15, -0.1) is 10.2 Å². The molecule has 0 aliphatic carbocycles. The molecule has 184 valence electrons. The largest absolute Gasteiger partial charge is 0.493 e. The molecule has 1 amide bonds. The second-order valence-corrected chi connectivity index (χ2v) is 8.09. The summed E-state index contributed by atoms with van der Waals surface area (Å²) in [6.07, 6.45) is 3.38. The Morgan fingerprint density at radius 3 is 2.54 bits per heavy atom. The van der Waals surface area contributed by atoms with E-state index in [0.717, 1.165) is 11.1 Å². The summed E-state index contributed by atoms with van der Waals surface area (Å²) >= 11 is 0. The SMILES string of the molecule is COc1cc(C(C)=O)ccc1OCC(=O)Nc1cccc(-c2ccc3nnc(-c4ccncc4)n3n2)c1. The standard InChI is InChI=1S/C27H22N6O4/c1-17(34)19-6-8-23(24(15-19)36-2)37-16-26(35)29-21-5-3-4-20(14-21)22-7-9-25-30-31-27(33(25)32-22)18-10-12-28-13-11-18/h3-15H,16H2,1-2H3,(H,29,35). The molecule has 37 heavy (non-hydrogen) atoms. The van der Waals surface area contributed by atoms with Crippen molar-refractivity contribution in [1.29, 1.82) is 0 Å². The van der Waals surface area contributed by atoms with E-state index in [1.807, 2.05) is 42.5 Å². The Kier molecular flexibility index (Phi) is 6.54. The van der Waals surface area contributed by atoms with Crippen LogP contribution in [0, 0.1) is 0 Å². The molecule has 0 fully saturated rings. The first kappa shape index (κ1) is 23.6. The lowest BCUT2D eigenvalue weighted by molar-refractivity contribution is -0.118. The van der Waals surface area contributed by atoms with Crippen molar-refractivity contribution < 1.29 is 19.1 Å². The molecular weight excluding hydrogens is 472 g/mol.